The quantitative estimate of drug-likeness (QED) is 0.341. The van der Waals surface area contributed by atoms with Gasteiger partial charge in [-0.05, 0) is 31.2 Å². The molecule has 3 aromatic rings. The van der Waals surface area contributed by atoms with Crippen LogP contribution in [0.5, 0.6) is 5.75 Å². The van der Waals surface area contributed by atoms with Crippen molar-refractivity contribution in [3.8, 4) is 17.1 Å². The van der Waals surface area contributed by atoms with Crippen molar-refractivity contribution in [2.45, 2.75) is 18.6 Å². The lowest BCUT2D eigenvalue weighted by molar-refractivity contribution is -0.384. The van der Waals surface area contributed by atoms with Gasteiger partial charge in [-0.15, -0.1) is 10.2 Å². The molecule has 0 aliphatic carbocycles. The number of nitro groups is 1. The van der Waals surface area contributed by atoms with Crippen LogP contribution >= 0.6 is 11.8 Å². The van der Waals surface area contributed by atoms with Crippen molar-refractivity contribution in [2.24, 2.45) is 0 Å². The number of aromatic nitrogens is 3. The molecule has 0 atom stereocenters. The van der Waals surface area contributed by atoms with E-state index in [1.165, 1.54) is 36.0 Å². The van der Waals surface area contributed by atoms with Crippen LogP contribution in [0.2, 0.25) is 0 Å². The molecule has 0 radical (unpaired) electrons. The fourth-order valence-corrected chi connectivity index (χ4v) is 3.45. The van der Waals surface area contributed by atoms with E-state index in [4.69, 9.17) is 4.74 Å². The molecule has 1 heterocycles. The van der Waals surface area contributed by atoms with Gasteiger partial charge in [0.2, 0.25) is 5.91 Å². The summed E-state index contributed by atoms with van der Waals surface area (Å²) in [5.41, 5.74) is 1.34. The molecular formula is C19H19N5O4S. The minimum absolute atomic E-state index is 0.0292. The number of ether oxygens (including phenoxy) is 1. The summed E-state index contributed by atoms with van der Waals surface area (Å²) in [5, 5.41) is 22.5. The summed E-state index contributed by atoms with van der Waals surface area (Å²) < 4.78 is 7.19. The van der Waals surface area contributed by atoms with E-state index in [1.54, 1.807) is 7.11 Å². The zero-order valence-corrected chi connectivity index (χ0v) is 16.7. The predicted molar refractivity (Wildman–Crippen MR) is 110 cm³/mol. The monoisotopic (exact) mass is 413 g/mol. The smallest absolute Gasteiger partial charge is 0.269 e. The number of methoxy groups -OCH3 is 1. The molecule has 1 aromatic heterocycles. The van der Waals surface area contributed by atoms with Crippen molar-refractivity contribution in [1.29, 1.82) is 0 Å². The van der Waals surface area contributed by atoms with Crippen LogP contribution in [0.4, 0.5) is 11.4 Å². The molecule has 29 heavy (non-hydrogen) atoms. The van der Waals surface area contributed by atoms with Crippen LogP contribution in [0.3, 0.4) is 0 Å². The van der Waals surface area contributed by atoms with E-state index in [2.05, 4.69) is 15.5 Å². The van der Waals surface area contributed by atoms with Crippen molar-refractivity contribution < 1.29 is 14.5 Å². The molecule has 1 N–H and O–H groups in total. The lowest BCUT2D eigenvalue weighted by atomic mass is 10.2. The lowest BCUT2D eigenvalue weighted by Gasteiger charge is -2.08. The second-order valence-corrected chi connectivity index (χ2v) is 6.87. The first-order valence-electron chi connectivity index (χ1n) is 8.76. The molecule has 150 valence electrons. The van der Waals surface area contributed by atoms with Crippen LogP contribution < -0.4 is 10.1 Å². The highest BCUT2D eigenvalue weighted by Gasteiger charge is 2.15. The van der Waals surface area contributed by atoms with Crippen LogP contribution in [0.15, 0.2) is 53.7 Å². The molecule has 0 aliphatic heterocycles. The maximum absolute atomic E-state index is 12.2. The molecule has 0 saturated carbocycles. The Morgan fingerprint density at radius 3 is 2.66 bits per heavy atom. The number of amides is 1. The number of carbonyl (C=O) groups is 1. The Hall–Kier alpha value is -3.40. The molecule has 1 amide bonds. The van der Waals surface area contributed by atoms with Gasteiger partial charge >= 0.3 is 0 Å². The van der Waals surface area contributed by atoms with Gasteiger partial charge in [0.05, 0.1) is 17.8 Å². The van der Waals surface area contributed by atoms with Crippen molar-refractivity contribution in [3.05, 3.63) is 58.6 Å². The van der Waals surface area contributed by atoms with E-state index in [9.17, 15) is 14.9 Å². The Bertz CT molecular complexity index is 1020. The fourth-order valence-electron chi connectivity index (χ4n) is 2.65. The van der Waals surface area contributed by atoms with E-state index < -0.39 is 4.92 Å². The maximum atomic E-state index is 12.2. The topological polar surface area (TPSA) is 112 Å². The van der Waals surface area contributed by atoms with Gasteiger partial charge < -0.3 is 14.6 Å². The molecule has 9 nitrogen and oxygen atoms in total. The third kappa shape index (κ3) is 4.91. The van der Waals surface area contributed by atoms with Gasteiger partial charge in [0.15, 0.2) is 11.0 Å². The van der Waals surface area contributed by atoms with E-state index >= 15 is 0 Å². The van der Waals surface area contributed by atoms with Gasteiger partial charge in [-0.3, -0.25) is 14.9 Å². The number of hydrogen-bond donors (Lipinski definition) is 1. The first-order valence-corrected chi connectivity index (χ1v) is 9.75. The Morgan fingerprint density at radius 1 is 1.24 bits per heavy atom. The highest BCUT2D eigenvalue weighted by atomic mass is 32.2. The summed E-state index contributed by atoms with van der Waals surface area (Å²) in [6.45, 7) is 2.62. The maximum Gasteiger partial charge on any atom is 0.269 e. The van der Waals surface area contributed by atoms with E-state index in [0.29, 0.717) is 23.2 Å². The second kappa shape index (κ2) is 9.20. The number of non-ortho nitro benzene ring substituents is 1. The summed E-state index contributed by atoms with van der Waals surface area (Å²) in [7, 11) is 1.61. The molecule has 0 saturated heterocycles. The molecule has 10 heteroatoms. The lowest BCUT2D eigenvalue weighted by Crippen LogP contribution is -2.14. The number of carbonyl (C=O) groups excluding carboxylic acids is 1. The fraction of sp³-hybridized carbons (Fsp3) is 0.211. The predicted octanol–water partition coefficient (Wildman–Crippen LogP) is 3.61. The molecule has 0 bridgehead atoms. The van der Waals surface area contributed by atoms with Crippen LogP contribution in [0.1, 0.15) is 6.92 Å². The van der Waals surface area contributed by atoms with Crippen molar-refractivity contribution in [1.82, 2.24) is 14.8 Å². The van der Waals surface area contributed by atoms with Gasteiger partial charge in [0.1, 0.15) is 5.75 Å². The Kier molecular flexibility index (Phi) is 6.45. The van der Waals surface area contributed by atoms with Crippen LogP contribution in [-0.4, -0.2) is 38.5 Å². The largest absolute Gasteiger partial charge is 0.497 e. The standard InChI is InChI=1S/C19H19N5O4S/c1-3-23-18(13-5-4-6-16(11-13)28-2)21-22-19(23)29-12-17(25)20-14-7-9-15(10-8-14)24(26)27/h4-11H,3,12H2,1-2H3,(H,20,25). The normalized spacial score (nSPS) is 10.6. The summed E-state index contributed by atoms with van der Waals surface area (Å²) in [6, 6.07) is 13.2. The van der Waals surface area contributed by atoms with Gasteiger partial charge in [-0.1, -0.05) is 23.9 Å². The third-order valence-electron chi connectivity index (χ3n) is 4.06. The highest BCUT2D eigenvalue weighted by Crippen LogP contribution is 2.26. The molecule has 0 spiro atoms. The molecule has 2 aromatic carbocycles. The molecule has 3 rings (SSSR count). The highest BCUT2D eigenvalue weighted by molar-refractivity contribution is 7.99. The Morgan fingerprint density at radius 2 is 2.00 bits per heavy atom. The number of nitrogens with zero attached hydrogens (tertiary/aromatic N) is 4. The van der Waals surface area contributed by atoms with Gasteiger partial charge in [0.25, 0.3) is 5.69 Å². The average Bonchev–Trinajstić information content (AvgIpc) is 3.15. The number of nitro benzene ring substituents is 1. The molecular weight excluding hydrogens is 394 g/mol. The zero-order valence-electron chi connectivity index (χ0n) is 15.9. The first-order chi connectivity index (χ1) is 14.0. The van der Waals surface area contributed by atoms with Crippen LogP contribution in [0.25, 0.3) is 11.4 Å². The van der Waals surface area contributed by atoms with Gasteiger partial charge in [-0.2, -0.15) is 0 Å². The second-order valence-electron chi connectivity index (χ2n) is 5.92. The van der Waals surface area contributed by atoms with E-state index in [0.717, 1.165) is 11.3 Å². The number of benzene rings is 2. The van der Waals surface area contributed by atoms with Crippen molar-refractivity contribution >= 4 is 29.0 Å². The molecule has 0 fully saturated rings. The minimum atomic E-state index is -0.487. The minimum Gasteiger partial charge on any atom is -0.497 e. The van der Waals surface area contributed by atoms with Gasteiger partial charge in [0, 0.05) is 29.9 Å². The summed E-state index contributed by atoms with van der Waals surface area (Å²) in [6.07, 6.45) is 0. The molecule has 0 aliphatic rings. The molecule has 0 unspecified atom stereocenters. The Labute approximate surface area is 171 Å². The summed E-state index contributed by atoms with van der Waals surface area (Å²) in [4.78, 5) is 22.4. The van der Waals surface area contributed by atoms with Crippen LogP contribution in [0, 0.1) is 10.1 Å². The van der Waals surface area contributed by atoms with Crippen molar-refractivity contribution in [2.75, 3.05) is 18.2 Å². The number of rotatable bonds is 8. The SMILES string of the molecule is CCn1c(SCC(=O)Nc2ccc([N+](=O)[O-])cc2)nnc1-c1cccc(OC)c1. The summed E-state index contributed by atoms with van der Waals surface area (Å²) in [5.74, 6) is 1.32. The zero-order chi connectivity index (χ0) is 20.8. The summed E-state index contributed by atoms with van der Waals surface area (Å²) >= 11 is 1.27. The van der Waals surface area contributed by atoms with Crippen molar-refractivity contribution in [3.63, 3.8) is 0 Å². The number of hydrogen-bond acceptors (Lipinski definition) is 7. The number of anilines is 1. The first kappa shape index (κ1) is 20.3. The Balaban J connectivity index is 1.66. The average molecular weight is 413 g/mol. The third-order valence-corrected chi connectivity index (χ3v) is 5.02. The van der Waals surface area contributed by atoms with Crippen LogP contribution in [-0.2, 0) is 11.3 Å². The number of nitrogens with one attached hydrogen (secondary N) is 1. The number of thioether (sulfide) groups is 1. The van der Waals surface area contributed by atoms with E-state index in [-0.39, 0.29) is 17.3 Å². The van der Waals surface area contributed by atoms with E-state index in [1.807, 2.05) is 35.8 Å². The van der Waals surface area contributed by atoms with Gasteiger partial charge in [-0.25, -0.2) is 0 Å².